The van der Waals surface area contributed by atoms with Gasteiger partial charge in [-0.3, -0.25) is 9.80 Å². The van der Waals surface area contributed by atoms with Crippen LogP contribution >= 0.6 is 0 Å². The molecule has 0 bridgehead atoms. The number of hydrogen-bond donors (Lipinski definition) is 0. The maximum Gasteiger partial charge on any atom is 0.213 e. The van der Waals surface area contributed by atoms with Gasteiger partial charge in [0.05, 0.1) is 17.7 Å². The standard InChI is InChI=1S/C29H39N5O2/c1-32(24-9-3-2-4-10-24)19-23-8-7-13-28(30-23)35-21-22-14-15-25-20-34(17-16-33(25)18-22)29-26-11-5-6-12-27(26)36-31-29/h5-8,11-13,22,24-25H,2-4,9-10,14-21H2,1H3/t22-,25-/m1/s1. The Hall–Kier alpha value is -2.64. The highest BCUT2D eigenvalue weighted by Crippen LogP contribution is 2.31. The van der Waals surface area contributed by atoms with Gasteiger partial charge in [-0.1, -0.05) is 42.6 Å². The Morgan fingerprint density at radius 2 is 1.86 bits per heavy atom. The smallest absolute Gasteiger partial charge is 0.213 e. The first-order valence-electron chi connectivity index (χ1n) is 13.9. The van der Waals surface area contributed by atoms with Gasteiger partial charge < -0.3 is 14.2 Å². The molecule has 0 unspecified atom stereocenters. The quantitative estimate of drug-likeness (QED) is 0.465. The van der Waals surface area contributed by atoms with Gasteiger partial charge in [-0.2, -0.15) is 0 Å². The van der Waals surface area contributed by atoms with Crippen LogP contribution in [-0.2, 0) is 6.54 Å². The molecule has 3 aromatic rings. The normalized spacial score (nSPS) is 23.8. The second-order valence-electron chi connectivity index (χ2n) is 11.0. The minimum Gasteiger partial charge on any atom is -0.477 e. The largest absolute Gasteiger partial charge is 0.477 e. The molecule has 36 heavy (non-hydrogen) atoms. The number of piperidine rings is 1. The van der Waals surface area contributed by atoms with Crippen molar-refractivity contribution in [2.75, 3.05) is 44.7 Å². The average Bonchev–Trinajstić information content (AvgIpc) is 3.36. The van der Waals surface area contributed by atoms with Gasteiger partial charge in [0.25, 0.3) is 0 Å². The molecular formula is C29H39N5O2. The van der Waals surface area contributed by atoms with Crippen LogP contribution in [0.1, 0.15) is 50.6 Å². The third-order valence-electron chi connectivity index (χ3n) is 8.52. The third-order valence-corrected chi connectivity index (χ3v) is 8.52. The zero-order chi connectivity index (χ0) is 24.3. The van der Waals surface area contributed by atoms with Gasteiger partial charge in [0.1, 0.15) is 0 Å². The predicted octanol–water partition coefficient (Wildman–Crippen LogP) is 4.97. The Labute approximate surface area is 214 Å². The number of hydrogen-bond acceptors (Lipinski definition) is 7. The maximum atomic E-state index is 6.23. The maximum absolute atomic E-state index is 6.23. The Kier molecular flexibility index (Phi) is 7.10. The summed E-state index contributed by atoms with van der Waals surface area (Å²) in [6, 6.07) is 15.7. The van der Waals surface area contributed by atoms with Crippen LogP contribution in [0.25, 0.3) is 11.0 Å². The molecule has 2 saturated heterocycles. The first-order valence-corrected chi connectivity index (χ1v) is 13.9. The first-order chi connectivity index (χ1) is 17.7. The van der Waals surface area contributed by atoms with Crippen molar-refractivity contribution in [3.05, 3.63) is 48.2 Å². The van der Waals surface area contributed by atoms with Crippen molar-refractivity contribution in [3.8, 4) is 5.88 Å². The number of fused-ring (bicyclic) bond motifs is 2. The summed E-state index contributed by atoms with van der Waals surface area (Å²) in [6.07, 6.45) is 9.14. The number of benzene rings is 1. The van der Waals surface area contributed by atoms with Gasteiger partial charge in [0.2, 0.25) is 5.88 Å². The van der Waals surface area contributed by atoms with Crippen molar-refractivity contribution >= 4 is 16.8 Å². The van der Waals surface area contributed by atoms with E-state index in [1.165, 1.54) is 44.9 Å². The number of para-hydroxylation sites is 1. The van der Waals surface area contributed by atoms with Crippen molar-refractivity contribution in [1.29, 1.82) is 0 Å². The topological polar surface area (TPSA) is 57.9 Å². The van der Waals surface area contributed by atoms with Gasteiger partial charge in [0.15, 0.2) is 11.4 Å². The number of nitrogens with zero attached hydrogens (tertiary/aromatic N) is 5. The van der Waals surface area contributed by atoms with Gasteiger partial charge in [-0.25, -0.2) is 4.98 Å². The molecule has 6 rings (SSSR count). The number of anilines is 1. The molecule has 0 spiro atoms. The molecular weight excluding hydrogens is 450 g/mol. The van der Waals surface area contributed by atoms with Gasteiger partial charge in [-0.15, -0.1) is 0 Å². The molecule has 3 aliphatic rings. The predicted molar refractivity (Wildman–Crippen MR) is 142 cm³/mol. The highest BCUT2D eigenvalue weighted by atomic mass is 16.5. The lowest BCUT2D eigenvalue weighted by Gasteiger charge is -2.46. The fraction of sp³-hybridized carbons (Fsp3) is 0.586. The molecule has 2 aromatic heterocycles. The summed E-state index contributed by atoms with van der Waals surface area (Å²) in [7, 11) is 2.24. The van der Waals surface area contributed by atoms with E-state index in [-0.39, 0.29) is 0 Å². The molecule has 0 amide bonds. The monoisotopic (exact) mass is 489 g/mol. The van der Waals surface area contributed by atoms with Crippen molar-refractivity contribution in [2.24, 2.45) is 5.92 Å². The van der Waals surface area contributed by atoms with Crippen LogP contribution in [-0.4, -0.2) is 71.9 Å². The van der Waals surface area contributed by atoms with Gasteiger partial charge in [0, 0.05) is 56.8 Å². The summed E-state index contributed by atoms with van der Waals surface area (Å²) in [5.74, 6) is 2.32. The van der Waals surface area contributed by atoms with E-state index in [2.05, 4.69) is 51.2 Å². The van der Waals surface area contributed by atoms with E-state index in [0.29, 0.717) is 18.0 Å². The van der Waals surface area contributed by atoms with Crippen molar-refractivity contribution in [1.82, 2.24) is 19.9 Å². The minimum absolute atomic E-state index is 0.552. The van der Waals surface area contributed by atoms with Gasteiger partial charge >= 0.3 is 0 Å². The number of rotatable bonds is 7. The molecule has 1 aliphatic carbocycles. The van der Waals surface area contributed by atoms with Crippen LogP contribution in [0, 0.1) is 5.92 Å². The molecule has 7 nitrogen and oxygen atoms in total. The zero-order valence-electron chi connectivity index (χ0n) is 21.5. The summed E-state index contributed by atoms with van der Waals surface area (Å²) in [4.78, 5) is 12.4. The summed E-state index contributed by atoms with van der Waals surface area (Å²) in [6.45, 7) is 5.81. The molecule has 7 heteroatoms. The van der Waals surface area contributed by atoms with Crippen LogP contribution in [0.15, 0.2) is 47.0 Å². The SMILES string of the molecule is CN(Cc1cccc(OC[C@@H]2CC[C@@H]3CN(c4noc5ccccc45)CCN3C2)n1)C1CCCCC1. The summed E-state index contributed by atoms with van der Waals surface area (Å²) >= 11 is 0. The average molecular weight is 490 g/mol. The molecule has 3 fully saturated rings. The fourth-order valence-electron chi connectivity index (χ4n) is 6.42. The van der Waals surface area contributed by atoms with E-state index < -0.39 is 0 Å². The summed E-state index contributed by atoms with van der Waals surface area (Å²) in [5, 5.41) is 5.51. The summed E-state index contributed by atoms with van der Waals surface area (Å²) < 4.78 is 11.8. The second-order valence-corrected chi connectivity index (χ2v) is 11.0. The lowest BCUT2D eigenvalue weighted by atomic mass is 9.91. The van der Waals surface area contributed by atoms with E-state index in [9.17, 15) is 0 Å². The van der Waals surface area contributed by atoms with Crippen molar-refractivity contribution in [2.45, 2.75) is 63.6 Å². The number of pyridine rings is 1. The fourth-order valence-corrected chi connectivity index (χ4v) is 6.42. The van der Waals surface area contributed by atoms with Crippen LogP contribution in [0.4, 0.5) is 5.82 Å². The third kappa shape index (κ3) is 5.23. The minimum atomic E-state index is 0.552. The molecule has 2 aliphatic heterocycles. The molecule has 0 N–H and O–H groups in total. The Bertz CT molecular complexity index is 1140. The highest BCUT2D eigenvalue weighted by molar-refractivity contribution is 5.88. The number of ether oxygens (including phenoxy) is 1. The van der Waals surface area contributed by atoms with E-state index in [0.717, 1.165) is 67.7 Å². The van der Waals surface area contributed by atoms with E-state index in [4.69, 9.17) is 14.2 Å². The van der Waals surface area contributed by atoms with Crippen LogP contribution in [0.3, 0.4) is 0 Å². The Morgan fingerprint density at radius 3 is 2.78 bits per heavy atom. The van der Waals surface area contributed by atoms with E-state index in [1.807, 2.05) is 18.2 Å². The molecule has 192 valence electrons. The van der Waals surface area contributed by atoms with Crippen LogP contribution in [0.2, 0.25) is 0 Å². The Morgan fingerprint density at radius 1 is 0.972 bits per heavy atom. The Balaban J connectivity index is 0.998. The van der Waals surface area contributed by atoms with Crippen molar-refractivity contribution < 1.29 is 9.26 Å². The molecule has 2 atom stereocenters. The van der Waals surface area contributed by atoms with E-state index >= 15 is 0 Å². The number of aromatic nitrogens is 2. The molecule has 0 radical (unpaired) electrons. The first kappa shape index (κ1) is 23.7. The van der Waals surface area contributed by atoms with Crippen molar-refractivity contribution in [3.63, 3.8) is 0 Å². The molecule has 1 saturated carbocycles. The molecule has 4 heterocycles. The van der Waals surface area contributed by atoms with Crippen LogP contribution < -0.4 is 9.64 Å². The zero-order valence-corrected chi connectivity index (χ0v) is 21.5. The van der Waals surface area contributed by atoms with E-state index in [1.54, 1.807) is 0 Å². The second kappa shape index (κ2) is 10.8. The van der Waals surface area contributed by atoms with Gasteiger partial charge in [-0.05, 0) is 50.9 Å². The van der Waals surface area contributed by atoms with Crippen LogP contribution in [0.5, 0.6) is 5.88 Å². The lowest BCUT2D eigenvalue weighted by Crippen LogP contribution is -2.57. The summed E-state index contributed by atoms with van der Waals surface area (Å²) in [5.41, 5.74) is 1.98. The molecule has 1 aromatic carbocycles. The lowest BCUT2D eigenvalue weighted by molar-refractivity contribution is 0.0715. The highest BCUT2D eigenvalue weighted by Gasteiger charge is 2.34. The number of piperazine rings is 1.